The highest BCUT2D eigenvalue weighted by atomic mass is 19.1. The van der Waals surface area contributed by atoms with Crippen LogP contribution in [0.25, 0.3) is 11.4 Å². The summed E-state index contributed by atoms with van der Waals surface area (Å²) in [5.41, 5.74) is 2.52. The van der Waals surface area contributed by atoms with E-state index in [-0.39, 0.29) is 24.2 Å². The van der Waals surface area contributed by atoms with Gasteiger partial charge in [-0.15, -0.1) is 0 Å². The Kier molecular flexibility index (Phi) is 4.71. The Hall–Kier alpha value is -3.02. The third-order valence-electron chi connectivity index (χ3n) is 5.00. The van der Waals surface area contributed by atoms with Crippen molar-refractivity contribution in [2.75, 3.05) is 6.54 Å². The van der Waals surface area contributed by atoms with E-state index in [1.165, 1.54) is 6.07 Å². The summed E-state index contributed by atoms with van der Waals surface area (Å²) in [6.45, 7) is 2.70. The Morgan fingerprint density at radius 3 is 2.78 bits per heavy atom. The van der Waals surface area contributed by atoms with Crippen molar-refractivity contribution in [2.45, 2.75) is 32.2 Å². The minimum absolute atomic E-state index is 0.0214. The van der Waals surface area contributed by atoms with Crippen LogP contribution in [0.1, 0.15) is 35.8 Å². The number of hydrogen-bond acceptors (Lipinski definition) is 4. The molecule has 2 aromatic carbocycles. The zero-order valence-electron chi connectivity index (χ0n) is 15.1. The fourth-order valence-corrected chi connectivity index (χ4v) is 3.44. The number of benzene rings is 2. The molecular formula is C21H20FN3O2. The van der Waals surface area contributed by atoms with Crippen LogP contribution in [0.5, 0.6) is 0 Å². The zero-order valence-corrected chi connectivity index (χ0v) is 15.1. The second-order valence-corrected chi connectivity index (χ2v) is 6.87. The average Bonchev–Trinajstić information content (AvgIpc) is 3.15. The number of likely N-dealkylation sites (tertiary alicyclic amines) is 1. The molecule has 27 heavy (non-hydrogen) atoms. The van der Waals surface area contributed by atoms with Crippen molar-refractivity contribution in [3.05, 3.63) is 71.4 Å². The first-order valence-electron chi connectivity index (χ1n) is 9.02. The van der Waals surface area contributed by atoms with E-state index in [9.17, 15) is 9.18 Å². The van der Waals surface area contributed by atoms with Crippen molar-refractivity contribution in [3.8, 4) is 11.4 Å². The average molecular weight is 365 g/mol. The monoisotopic (exact) mass is 365 g/mol. The van der Waals surface area contributed by atoms with Crippen molar-refractivity contribution in [1.29, 1.82) is 0 Å². The maximum Gasteiger partial charge on any atom is 0.231 e. The summed E-state index contributed by atoms with van der Waals surface area (Å²) in [6, 6.07) is 14.4. The summed E-state index contributed by atoms with van der Waals surface area (Å²) < 4.78 is 19.4. The van der Waals surface area contributed by atoms with Gasteiger partial charge in [-0.05, 0) is 25.0 Å². The Balaban J connectivity index is 1.52. The van der Waals surface area contributed by atoms with Gasteiger partial charge in [0.25, 0.3) is 0 Å². The second-order valence-electron chi connectivity index (χ2n) is 6.87. The maximum atomic E-state index is 13.9. The first-order chi connectivity index (χ1) is 13.1. The molecule has 0 bridgehead atoms. The number of aryl methyl sites for hydroxylation is 1. The number of halogens is 1. The summed E-state index contributed by atoms with van der Waals surface area (Å²) in [6.07, 6.45) is 1.04. The van der Waals surface area contributed by atoms with E-state index in [2.05, 4.69) is 10.1 Å². The Morgan fingerprint density at radius 1 is 1.19 bits per heavy atom. The van der Waals surface area contributed by atoms with Gasteiger partial charge in [-0.3, -0.25) is 4.79 Å². The van der Waals surface area contributed by atoms with Crippen molar-refractivity contribution < 1.29 is 13.7 Å². The van der Waals surface area contributed by atoms with Gasteiger partial charge in [0.15, 0.2) is 0 Å². The van der Waals surface area contributed by atoms with E-state index in [0.717, 1.165) is 11.1 Å². The molecule has 6 heteroatoms. The molecule has 0 N–H and O–H groups in total. The van der Waals surface area contributed by atoms with Gasteiger partial charge in [0, 0.05) is 30.6 Å². The zero-order chi connectivity index (χ0) is 18.8. The summed E-state index contributed by atoms with van der Waals surface area (Å²) in [7, 11) is 0. The summed E-state index contributed by atoms with van der Waals surface area (Å²) >= 11 is 0. The van der Waals surface area contributed by atoms with Crippen molar-refractivity contribution in [2.24, 2.45) is 0 Å². The molecule has 1 aromatic heterocycles. The minimum atomic E-state index is -0.299. The van der Waals surface area contributed by atoms with Crippen molar-refractivity contribution in [1.82, 2.24) is 15.0 Å². The molecule has 138 valence electrons. The van der Waals surface area contributed by atoms with Crippen LogP contribution in [-0.4, -0.2) is 27.5 Å². The number of rotatable bonds is 4. The highest BCUT2D eigenvalue weighted by Gasteiger charge is 2.31. The Labute approximate surface area is 156 Å². The first-order valence-corrected chi connectivity index (χ1v) is 9.02. The highest BCUT2D eigenvalue weighted by molar-refractivity contribution is 5.77. The minimum Gasteiger partial charge on any atom is -0.339 e. The molecule has 1 amide bonds. The Morgan fingerprint density at radius 2 is 1.96 bits per heavy atom. The van der Waals surface area contributed by atoms with Crippen LogP contribution in [0.15, 0.2) is 53.1 Å². The van der Waals surface area contributed by atoms with Crippen molar-refractivity contribution in [3.63, 3.8) is 0 Å². The lowest BCUT2D eigenvalue weighted by atomic mass is 9.96. The fourth-order valence-electron chi connectivity index (χ4n) is 3.44. The van der Waals surface area contributed by atoms with E-state index in [0.29, 0.717) is 36.7 Å². The lowest BCUT2D eigenvalue weighted by Crippen LogP contribution is -2.38. The quantitative estimate of drug-likeness (QED) is 0.699. The molecule has 0 unspecified atom stereocenters. The molecule has 4 rings (SSSR count). The van der Waals surface area contributed by atoms with Gasteiger partial charge in [0.2, 0.25) is 17.6 Å². The first kappa shape index (κ1) is 17.4. The summed E-state index contributed by atoms with van der Waals surface area (Å²) in [5.74, 6) is 0.764. The second kappa shape index (κ2) is 7.31. The lowest BCUT2D eigenvalue weighted by Gasteiger charge is -2.31. The van der Waals surface area contributed by atoms with Crippen LogP contribution in [0.2, 0.25) is 0 Å². The smallest absolute Gasteiger partial charge is 0.231 e. The molecule has 2 heterocycles. The third kappa shape index (κ3) is 3.60. The van der Waals surface area contributed by atoms with Gasteiger partial charge in [0.1, 0.15) is 5.82 Å². The van der Waals surface area contributed by atoms with E-state index in [1.807, 2.05) is 31.2 Å². The molecule has 1 saturated heterocycles. The van der Waals surface area contributed by atoms with Gasteiger partial charge in [0.05, 0.1) is 5.92 Å². The SMILES string of the molecule is Cc1ccccc1-c1noc([C@H]2CCC(=O)N(Cc3ccccc3F)C2)n1. The fraction of sp³-hybridized carbons (Fsp3) is 0.286. The molecule has 5 nitrogen and oxygen atoms in total. The molecule has 1 fully saturated rings. The molecule has 3 aromatic rings. The third-order valence-corrected chi connectivity index (χ3v) is 5.00. The van der Waals surface area contributed by atoms with Gasteiger partial charge in [-0.2, -0.15) is 4.98 Å². The molecule has 1 atom stereocenters. The number of carbonyl (C=O) groups excluding carboxylic acids is 1. The lowest BCUT2D eigenvalue weighted by molar-refractivity contribution is -0.134. The van der Waals surface area contributed by atoms with Crippen LogP contribution in [0, 0.1) is 12.7 Å². The number of carbonyl (C=O) groups is 1. The van der Waals surface area contributed by atoms with E-state index in [1.54, 1.807) is 23.1 Å². The molecule has 0 spiro atoms. The van der Waals surface area contributed by atoms with Gasteiger partial charge in [-0.1, -0.05) is 47.6 Å². The number of aromatic nitrogens is 2. The van der Waals surface area contributed by atoms with Crippen LogP contribution < -0.4 is 0 Å². The standard InChI is InChI=1S/C21H20FN3O2/c1-14-6-2-4-8-17(14)20-23-21(27-24-20)16-10-11-19(26)25(13-16)12-15-7-3-5-9-18(15)22/h2-9,16H,10-13H2,1H3/t16-/m0/s1. The highest BCUT2D eigenvalue weighted by Crippen LogP contribution is 2.29. The van der Waals surface area contributed by atoms with E-state index >= 15 is 0 Å². The van der Waals surface area contributed by atoms with Crippen LogP contribution in [0.3, 0.4) is 0 Å². The number of nitrogens with zero attached hydrogens (tertiary/aromatic N) is 3. The molecule has 0 saturated carbocycles. The summed E-state index contributed by atoms with van der Waals surface area (Å²) in [5, 5.41) is 4.12. The molecule has 0 aliphatic carbocycles. The van der Waals surface area contributed by atoms with Crippen molar-refractivity contribution >= 4 is 5.91 Å². The molecule has 0 radical (unpaired) electrons. The van der Waals surface area contributed by atoms with Crippen LogP contribution in [-0.2, 0) is 11.3 Å². The number of hydrogen-bond donors (Lipinski definition) is 0. The van der Waals surface area contributed by atoms with Gasteiger partial charge in [-0.25, -0.2) is 4.39 Å². The van der Waals surface area contributed by atoms with E-state index < -0.39 is 0 Å². The van der Waals surface area contributed by atoms with Crippen LogP contribution >= 0.6 is 0 Å². The maximum absolute atomic E-state index is 13.9. The molecule has 1 aliphatic heterocycles. The summed E-state index contributed by atoms with van der Waals surface area (Å²) in [4.78, 5) is 18.5. The normalized spacial score (nSPS) is 17.3. The Bertz CT molecular complexity index is 969. The van der Waals surface area contributed by atoms with Crippen LogP contribution in [0.4, 0.5) is 4.39 Å². The molecule has 1 aliphatic rings. The topological polar surface area (TPSA) is 59.2 Å². The number of piperidine rings is 1. The van der Waals surface area contributed by atoms with E-state index in [4.69, 9.17) is 4.52 Å². The molecular weight excluding hydrogens is 345 g/mol. The van der Waals surface area contributed by atoms with Gasteiger partial charge >= 0.3 is 0 Å². The largest absolute Gasteiger partial charge is 0.339 e. The van der Waals surface area contributed by atoms with Gasteiger partial charge < -0.3 is 9.42 Å². The number of amides is 1. The predicted octanol–water partition coefficient (Wildman–Crippen LogP) is 4.09. The predicted molar refractivity (Wildman–Crippen MR) is 98.3 cm³/mol.